The Morgan fingerprint density at radius 3 is 2.28 bits per heavy atom. The lowest BCUT2D eigenvalue weighted by Gasteiger charge is -2.31. The highest BCUT2D eigenvalue weighted by Gasteiger charge is 2.33. The van der Waals surface area contributed by atoms with Crippen LogP contribution in [0.2, 0.25) is 0 Å². The number of benzene rings is 1. The van der Waals surface area contributed by atoms with Crippen molar-refractivity contribution in [2.24, 2.45) is 0 Å². The van der Waals surface area contributed by atoms with E-state index < -0.39 is 0 Å². The van der Waals surface area contributed by atoms with Gasteiger partial charge in [-0.3, -0.25) is 9.69 Å². The van der Waals surface area contributed by atoms with Crippen molar-refractivity contribution in [2.45, 2.75) is 58.0 Å². The van der Waals surface area contributed by atoms with Crippen molar-refractivity contribution >= 4 is 10.9 Å². The molecule has 1 fully saturated rings. The maximum absolute atomic E-state index is 13.4. The summed E-state index contributed by atoms with van der Waals surface area (Å²) in [6, 6.07) is 5.27. The predicted octanol–water partition coefficient (Wildman–Crippen LogP) is 3.25. The molecule has 1 aliphatic rings. The fourth-order valence-electron chi connectivity index (χ4n) is 4.45. The molecule has 0 spiro atoms. The molecule has 1 aromatic carbocycles. The number of nitrogens with one attached hydrogen (secondary N) is 1. The van der Waals surface area contributed by atoms with Crippen molar-refractivity contribution in [2.75, 3.05) is 27.3 Å². The number of hydrogen-bond acceptors (Lipinski definition) is 7. The molecule has 9 heteroatoms. The van der Waals surface area contributed by atoms with E-state index in [9.17, 15) is 4.79 Å². The summed E-state index contributed by atoms with van der Waals surface area (Å²) >= 11 is 0. The maximum atomic E-state index is 13.4. The molecule has 1 atom stereocenters. The van der Waals surface area contributed by atoms with Crippen molar-refractivity contribution in [3.63, 3.8) is 0 Å². The molecule has 0 radical (unpaired) electrons. The molecule has 1 N–H and O–H groups in total. The van der Waals surface area contributed by atoms with Crippen molar-refractivity contribution < 1.29 is 9.47 Å². The standard InChI is InChI=1S/C23H32N6O3/c1-23(2,3)29-21(25-26-27-29)20(28-10-8-6-7-9-11-28)16-12-15-13-18(31-4)19(32-5)14-17(15)24-22(16)30/h12-14,20H,6-11H2,1-5H3,(H,24,30)/t20-/m1/s1. The van der Waals surface area contributed by atoms with Gasteiger partial charge in [-0.2, -0.15) is 0 Å². The van der Waals surface area contributed by atoms with Crippen LogP contribution in [-0.4, -0.2) is 57.4 Å². The van der Waals surface area contributed by atoms with Gasteiger partial charge in [0.2, 0.25) is 0 Å². The Labute approximate surface area is 187 Å². The summed E-state index contributed by atoms with van der Waals surface area (Å²) < 4.78 is 12.7. The highest BCUT2D eigenvalue weighted by Crippen LogP contribution is 2.34. The summed E-state index contributed by atoms with van der Waals surface area (Å²) in [7, 11) is 3.19. The topological polar surface area (TPSA) is 98.2 Å². The number of hydrogen-bond donors (Lipinski definition) is 1. The summed E-state index contributed by atoms with van der Waals surface area (Å²) in [6.45, 7) is 7.98. The SMILES string of the molecule is COc1cc2cc([C@H](c3nnnn3C(C)(C)C)N3CCCCCC3)c(=O)[nH]c2cc1OC. The Kier molecular flexibility index (Phi) is 6.19. The average Bonchev–Trinajstić information content (AvgIpc) is 3.10. The minimum atomic E-state index is -0.344. The first-order valence-corrected chi connectivity index (χ1v) is 11.1. The summed E-state index contributed by atoms with van der Waals surface area (Å²) in [5.74, 6) is 1.87. The van der Waals surface area contributed by atoms with E-state index in [1.807, 2.05) is 16.8 Å². The number of aromatic amines is 1. The molecule has 9 nitrogen and oxygen atoms in total. The van der Waals surface area contributed by atoms with E-state index in [1.54, 1.807) is 20.3 Å². The van der Waals surface area contributed by atoms with Gasteiger partial charge >= 0.3 is 0 Å². The van der Waals surface area contributed by atoms with Gasteiger partial charge in [-0.05, 0) is 69.3 Å². The molecular weight excluding hydrogens is 408 g/mol. The van der Waals surface area contributed by atoms with E-state index in [0.717, 1.165) is 31.3 Å². The molecule has 1 aliphatic heterocycles. The molecule has 0 amide bonds. The molecule has 0 saturated carbocycles. The molecule has 0 unspecified atom stereocenters. The lowest BCUT2D eigenvalue weighted by atomic mass is 10.0. The molecule has 32 heavy (non-hydrogen) atoms. The van der Waals surface area contributed by atoms with E-state index in [1.165, 1.54) is 12.8 Å². The fourth-order valence-corrected chi connectivity index (χ4v) is 4.45. The van der Waals surface area contributed by atoms with Crippen LogP contribution in [0.5, 0.6) is 11.5 Å². The van der Waals surface area contributed by atoms with E-state index in [4.69, 9.17) is 9.47 Å². The van der Waals surface area contributed by atoms with E-state index in [-0.39, 0.29) is 17.1 Å². The lowest BCUT2D eigenvalue weighted by Crippen LogP contribution is -2.38. The number of fused-ring (bicyclic) bond motifs is 1. The molecule has 0 aliphatic carbocycles. The van der Waals surface area contributed by atoms with Crippen molar-refractivity contribution in [3.8, 4) is 11.5 Å². The van der Waals surface area contributed by atoms with Crippen LogP contribution in [0.3, 0.4) is 0 Å². The van der Waals surface area contributed by atoms with Crippen molar-refractivity contribution in [1.82, 2.24) is 30.1 Å². The van der Waals surface area contributed by atoms with Gasteiger partial charge in [0, 0.05) is 17.0 Å². The molecule has 172 valence electrons. The molecule has 4 rings (SSSR count). The second-order valence-electron chi connectivity index (χ2n) is 9.32. The van der Waals surface area contributed by atoms with Gasteiger partial charge in [-0.15, -0.1) is 5.10 Å². The normalized spacial score (nSPS) is 16.7. The predicted molar refractivity (Wildman–Crippen MR) is 122 cm³/mol. The van der Waals surface area contributed by atoms with Gasteiger partial charge < -0.3 is 14.5 Å². The van der Waals surface area contributed by atoms with Crippen LogP contribution in [0.15, 0.2) is 23.0 Å². The van der Waals surface area contributed by atoms with Crippen LogP contribution in [0.1, 0.15) is 63.9 Å². The summed E-state index contributed by atoms with van der Waals surface area (Å²) in [6.07, 6.45) is 4.56. The van der Waals surface area contributed by atoms with Crippen molar-refractivity contribution in [3.05, 3.63) is 39.9 Å². The van der Waals surface area contributed by atoms with Crippen LogP contribution < -0.4 is 15.0 Å². The van der Waals surface area contributed by atoms with Gasteiger partial charge in [0.05, 0.1) is 25.3 Å². The second kappa shape index (κ2) is 8.90. The Morgan fingerprint density at radius 2 is 1.66 bits per heavy atom. The Morgan fingerprint density at radius 1 is 1.00 bits per heavy atom. The Balaban J connectivity index is 1.92. The van der Waals surface area contributed by atoms with Gasteiger partial charge in [-0.1, -0.05) is 12.8 Å². The molecular formula is C23H32N6O3. The maximum Gasteiger partial charge on any atom is 0.253 e. The van der Waals surface area contributed by atoms with Gasteiger partial charge in [0.25, 0.3) is 5.56 Å². The first-order chi connectivity index (χ1) is 15.3. The number of methoxy groups -OCH3 is 2. The number of nitrogens with zero attached hydrogens (tertiary/aromatic N) is 5. The number of tetrazole rings is 1. The number of pyridine rings is 1. The van der Waals surface area contributed by atoms with Gasteiger partial charge in [-0.25, -0.2) is 4.68 Å². The van der Waals surface area contributed by atoms with Crippen LogP contribution in [0.4, 0.5) is 0 Å². The van der Waals surface area contributed by atoms with Crippen LogP contribution in [-0.2, 0) is 5.54 Å². The highest BCUT2D eigenvalue weighted by atomic mass is 16.5. The van der Waals surface area contributed by atoms with Gasteiger partial charge in [0.15, 0.2) is 17.3 Å². The second-order valence-corrected chi connectivity index (χ2v) is 9.32. The first-order valence-electron chi connectivity index (χ1n) is 11.1. The molecule has 3 aromatic rings. The molecule has 0 bridgehead atoms. The number of ether oxygens (including phenoxy) is 2. The fraction of sp³-hybridized carbons (Fsp3) is 0.565. The summed E-state index contributed by atoms with van der Waals surface area (Å²) in [5.41, 5.74) is 0.860. The highest BCUT2D eigenvalue weighted by molar-refractivity contribution is 5.83. The van der Waals surface area contributed by atoms with E-state index in [2.05, 4.69) is 46.2 Å². The third-order valence-electron chi connectivity index (χ3n) is 6.05. The lowest BCUT2D eigenvalue weighted by molar-refractivity contribution is 0.208. The Hall–Kier alpha value is -2.94. The van der Waals surface area contributed by atoms with Crippen LogP contribution >= 0.6 is 0 Å². The number of likely N-dealkylation sites (tertiary alicyclic amines) is 1. The average molecular weight is 441 g/mol. The number of aromatic nitrogens is 5. The van der Waals surface area contributed by atoms with Gasteiger partial charge in [0.1, 0.15) is 6.04 Å². The summed E-state index contributed by atoms with van der Waals surface area (Å²) in [4.78, 5) is 18.8. The zero-order valence-corrected chi connectivity index (χ0v) is 19.5. The van der Waals surface area contributed by atoms with Crippen molar-refractivity contribution in [1.29, 1.82) is 0 Å². The number of H-pyrrole nitrogens is 1. The zero-order chi connectivity index (χ0) is 22.9. The minimum absolute atomic E-state index is 0.151. The van der Waals surface area contributed by atoms with Crippen LogP contribution in [0, 0.1) is 0 Å². The number of rotatable bonds is 5. The smallest absolute Gasteiger partial charge is 0.253 e. The molecule has 3 heterocycles. The zero-order valence-electron chi connectivity index (χ0n) is 19.5. The first kappa shape index (κ1) is 22.3. The third-order valence-corrected chi connectivity index (χ3v) is 6.05. The third kappa shape index (κ3) is 4.21. The Bertz CT molecular complexity index is 1140. The van der Waals surface area contributed by atoms with Crippen LogP contribution in [0.25, 0.3) is 10.9 Å². The van der Waals surface area contributed by atoms with E-state index >= 15 is 0 Å². The minimum Gasteiger partial charge on any atom is -0.493 e. The van der Waals surface area contributed by atoms with E-state index in [0.29, 0.717) is 28.4 Å². The quantitative estimate of drug-likeness (QED) is 0.650. The summed E-state index contributed by atoms with van der Waals surface area (Å²) in [5, 5.41) is 13.5. The largest absolute Gasteiger partial charge is 0.493 e. The molecule has 2 aromatic heterocycles. The molecule has 1 saturated heterocycles. The monoisotopic (exact) mass is 440 g/mol.